The third-order valence-corrected chi connectivity index (χ3v) is 4.42. The molecule has 0 bridgehead atoms. The van der Waals surface area contributed by atoms with E-state index in [1.54, 1.807) is 0 Å². The van der Waals surface area contributed by atoms with Crippen LogP contribution >= 0.6 is 0 Å². The molecule has 3 nitrogen and oxygen atoms in total. The standard InChI is InChI=1S/C14H28N2O/c1-14(2,12-5-3-4-6-12)11-16-10-13-9-15-7-8-17-13/h12-13,15-16H,3-11H2,1-2H3. The van der Waals surface area contributed by atoms with Crippen molar-refractivity contribution in [1.29, 1.82) is 0 Å². The summed E-state index contributed by atoms with van der Waals surface area (Å²) in [5.74, 6) is 0.917. The van der Waals surface area contributed by atoms with Crippen LogP contribution in [0.1, 0.15) is 39.5 Å². The van der Waals surface area contributed by atoms with Gasteiger partial charge in [0.05, 0.1) is 12.7 Å². The van der Waals surface area contributed by atoms with E-state index < -0.39 is 0 Å². The molecule has 1 saturated carbocycles. The fraction of sp³-hybridized carbons (Fsp3) is 1.00. The summed E-state index contributed by atoms with van der Waals surface area (Å²) in [5, 5.41) is 6.98. The van der Waals surface area contributed by atoms with Crippen LogP contribution in [0.5, 0.6) is 0 Å². The summed E-state index contributed by atoms with van der Waals surface area (Å²) in [5.41, 5.74) is 0.443. The number of ether oxygens (including phenoxy) is 1. The summed E-state index contributed by atoms with van der Waals surface area (Å²) < 4.78 is 5.69. The number of hydrogen-bond acceptors (Lipinski definition) is 3. The molecule has 1 aliphatic heterocycles. The first-order valence-corrected chi connectivity index (χ1v) is 7.21. The third kappa shape index (κ3) is 3.94. The predicted molar refractivity (Wildman–Crippen MR) is 71.2 cm³/mol. The summed E-state index contributed by atoms with van der Waals surface area (Å²) >= 11 is 0. The van der Waals surface area contributed by atoms with Gasteiger partial charge in [-0.15, -0.1) is 0 Å². The Morgan fingerprint density at radius 2 is 2.06 bits per heavy atom. The van der Waals surface area contributed by atoms with Gasteiger partial charge in [-0.25, -0.2) is 0 Å². The summed E-state index contributed by atoms with van der Waals surface area (Å²) in [6.45, 7) is 9.80. The van der Waals surface area contributed by atoms with Crippen molar-refractivity contribution in [3.63, 3.8) is 0 Å². The molecule has 1 aliphatic carbocycles. The predicted octanol–water partition coefficient (Wildman–Crippen LogP) is 1.78. The molecule has 2 fully saturated rings. The molecule has 3 heteroatoms. The lowest BCUT2D eigenvalue weighted by molar-refractivity contribution is 0.0269. The molecule has 100 valence electrons. The Hall–Kier alpha value is -0.120. The Morgan fingerprint density at radius 3 is 2.71 bits per heavy atom. The lowest BCUT2D eigenvalue weighted by Gasteiger charge is -2.33. The molecule has 1 unspecified atom stereocenters. The highest BCUT2D eigenvalue weighted by molar-refractivity contribution is 4.84. The van der Waals surface area contributed by atoms with Crippen LogP contribution in [0.2, 0.25) is 0 Å². The van der Waals surface area contributed by atoms with E-state index in [0.29, 0.717) is 11.5 Å². The summed E-state index contributed by atoms with van der Waals surface area (Å²) in [7, 11) is 0. The summed E-state index contributed by atoms with van der Waals surface area (Å²) in [6.07, 6.45) is 6.09. The molecular formula is C14H28N2O. The molecule has 2 aliphatic rings. The van der Waals surface area contributed by atoms with Gasteiger partial charge in [-0.05, 0) is 24.2 Å². The van der Waals surface area contributed by atoms with Crippen LogP contribution in [-0.2, 0) is 4.74 Å². The van der Waals surface area contributed by atoms with Gasteiger partial charge in [-0.3, -0.25) is 0 Å². The highest BCUT2D eigenvalue weighted by Crippen LogP contribution is 2.38. The lowest BCUT2D eigenvalue weighted by Crippen LogP contribution is -2.46. The molecule has 0 aromatic rings. The molecule has 0 aromatic heterocycles. The monoisotopic (exact) mass is 240 g/mol. The zero-order valence-electron chi connectivity index (χ0n) is 11.4. The Kier molecular flexibility index (Phi) is 4.83. The van der Waals surface area contributed by atoms with Gasteiger partial charge in [0.15, 0.2) is 0 Å². The molecule has 1 atom stereocenters. The quantitative estimate of drug-likeness (QED) is 0.768. The van der Waals surface area contributed by atoms with Crippen LogP contribution in [0.25, 0.3) is 0 Å². The minimum absolute atomic E-state index is 0.364. The second kappa shape index (κ2) is 6.17. The van der Waals surface area contributed by atoms with E-state index in [0.717, 1.165) is 38.7 Å². The van der Waals surface area contributed by atoms with Crippen molar-refractivity contribution in [3.05, 3.63) is 0 Å². The second-order valence-electron chi connectivity index (χ2n) is 6.30. The van der Waals surface area contributed by atoms with Crippen LogP contribution in [0.4, 0.5) is 0 Å². The van der Waals surface area contributed by atoms with E-state index in [4.69, 9.17) is 4.74 Å². The zero-order chi connectivity index (χ0) is 12.1. The van der Waals surface area contributed by atoms with Gasteiger partial charge in [0.25, 0.3) is 0 Å². The summed E-state index contributed by atoms with van der Waals surface area (Å²) in [6, 6.07) is 0. The van der Waals surface area contributed by atoms with E-state index in [1.165, 1.54) is 25.7 Å². The van der Waals surface area contributed by atoms with E-state index >= 15 is 0 Å². The molecule has 2 rings (SSSR count). The molecule has 0 radical (unpaired) electrons. The van der Waals surface area contributed by atoms with Gasteiger partial charge < -0.3 is 15.4 Å². The Labute approximate surface area is 106 Å². The van der Waals surface area contributed by atoms with E-state index in [-0.39, 0.29) is 0 Å². The van der Waals surface area contributed by atoms with Gasteiger partial charge in [0.1, 0.15) is 0 Å². The highest BCUT2D eigenvalue weighted by Gasteiger charge is 2.31. The van der Waals surface area contributed by atoms with E-state index in [9.17, 15) is 0 Å². The van der Waals surface area contributed by atoms with Crippen molar-refractivity contribution in [2.45, 2.75) is 45.6 Å². The molecule has 0 amide bonds. The minimum Gasteiger partial charge on any atom is -0.374 e. The van der Waals surface area contributed by atoms with Crippen molar-refractivity contribution in [1.82, 2.24) is 10.6 Å². The largest absolute Gasteiger partial charge is 0.374 e. The smallest absolute Gasteiger partial charge is 0.0824 e. The van der Waals surface area contributed by atoms with Crippen LogP contribution in [0.15, 0.2) is 0 Å². The van der Waals surface area contributed by atoms with Crippen molar-refractivity contribution >= 4 is 0 Å². The number of morpholine rings is 1. The first kappa shape index (κ1) is 13.3. The SMILES string of the molecule is CC(C)(CNCC1CNCCO1)C1CCCC1. The zero-order valence-corrected chi connectivity index (χ0v) is 11.4. The number of rotatable bonds is 5. The second-order valence-corrected chi connectivity index (χ2v) is 6.30. The molecule has 2 N–H and O–H groups in total. The minimum atomic E-state index is 0.364. The van der Waals surface area contributed by atoms with Crippen LogP contribution in [0.3, 0.4) is 0 Å². The molecular weight excluding hydrogens is 212 g/mol. The van der Waals surface area contributed by atoms with Crippen LogP contribution in [-0.4, -0.2) is 38.9 Å². The first-order chi connectivity index (χ1) is 8.18. The molecule has 17 heavy (non-hydrogen) atoms. The molecule has 1 heterocycles. The molecule has 1 saturated heterocycles. The maximum Gasteiger partial charge on any atom is 0.0824 e. The molecule has 0 aromatic carbocycles. The van der Waals surface area contributed by atoms with Crippen molar-refractivity contribution in [3.8, 4) is 0 Å². The highest BCUT2D eigenvalue weighted by atomic mass is 16.5. The van der Waals surface area contributed by atoms with Crippen molar-refractivity contribution < 1.29 is 4.74 Å². The van der Waals surface area contributed by atoms with Gasteiger partial charge in [0.2, 0.25) is 0 Å². The fourth-order valence-corrected chi connectivity index (χ4v) is 3.16. The number of nitrogens with one attached hydrogen (secondary N) is 2. The topological polar surface area (TPSA) is 33.3 Å². The average Bonchev–Trinajstić information content (AvgIpc) is 2.84. The van der Waals surface area contributed by atoms with Gasteiger partial charge in [-0.2, -0.15) is 0 Å². The Bertz CT molecular complexity index is 218. The van der Waals surface area contributed by atoms with Gasteiger partial charge in [-0.1, -0.05) is 26.7 Å². The number of hydrogen-bond donors (Lipinski definition) is 2. The normalized spacial score (nSPS) is 27.5. The van der Waals surface area contributed by atoms with Crippen LogP contribution < -0.4 is 10.6 Å². The summed E-state index contributed by atoms with van der Waals surface area (Å²) in [4.78, 5) is 0. The van der Waals surface area contributed by atoms with Gasteiger partial charge in [0, 0.05) is 26.2 Å². The van der Waals surface area contributed by atoms with Gasteiger partial charge >= 0.3 is 0 Å². The van der Waals surface area contributed by atoms with Crippen LogP contribution in [0, 0.1) is 11.3 Å². The van der Waals surface area contributed by atoms with E-state index in [2.05, 4.69) is 24.5 Å². The van der Waals surface area contributed by atoms with Crippen molar-refractivity contribution in [2.75, 3.05) is 32.8 Å². The maximum absolute atomic E-state index is 5.69. The third-order valence-electron chi connectivity index (χ3n) is 4.42. The molecule has 0 spiro atoms. The van der Waals surface area contributed by atoms with Crippen molar-refractivity contribution in [2.24, 2.45) is 11.3 Å². The van der Waals surface area contributed by atoms with E-state index in [1.807, 2.05) is 0 Å². The Morgan fingerprint density at radius 1 is 1.29 bits per heavy atom. The Balaban J connectivity index is 1.65. The fourth-order valence-electron chi connectivity index (χ4n) is 3.16. The first-order valence-electron chi connectivity index (χ1n) is 7.21. The maximum atomic E-state index is 5.69. The lowest BCUT2D eigenvalue weighted by atomic mass is 9.78. The average molecular weight is 240 g/mol.